The lowest BCUT2D eigenvalue weighted by molar-refractivity contribution is 0.319. The topological polar surface area (TPSA) is 79.1 Å². The first-order valence-corrected chi connectivity index (χ1v) is 10.7. The number of hydrogen-bond acceptors (Lipinski definition) is 5. The number of benzene rings is 2. The van der Waals surface area contributed by atoms with Gasteiger partial charge in [0.05, 0.1) is 5.71 Å². The number of thioether (sulfide) groups is 1. The molecule has 0 spiro atoms. The van der Waals surface area contributed by atoms with Crippen LogP contribution in [-0.4, -0.2) is 36.4 Å². The van der Waals surface area contributed by atoms with Crippen molar-refractivity contribution in [1.29, 1.82) is 0 Å². The largest absolute Gasteiger partial charge is 0.411 e. The van der Waals surface area contributed by atoms with Crippen LogP contribution in [0, 0.1) is 0 Å². The first-order chi connectivity index (χ1) is 14.2. The molecule has 0 atom stereocenters. The second-order valence-corrected chi connectivity index (χ2v) is 8.15. The maximum atomic E-state index is 9.47. The first kappa shape index (κ1) is 19.5. The van der Waals surface area contributed by atoms with E-state index >= 15 is 0 Å². The summed E-state index contributed by atoms with van der Waals surface area (Å²) in [6, 6.07) is 15.7. The maximum Gasteiger partial charge on any atom is 0.192 e. The molecule has 4 rings (SSSR count). The van der Waals surface area contributed by atoms with Crippen LogP contribution in [0.4, 0.5) is 0 Å². The third kappa shape index (κ3) is 3.99. The molecule has 146 valence electrons. The summed E-state index contributed by atoms with van der Waals surface area (Å²) < 4.78 is 2.99. The smallest absolute Gasteiger partial charge is 0.192 e. The summed E-state index contributed by atoms with van der Waals surface area (Å²) in [4.78, 5) is 3.28. The van der Waals surface area contributed by atoms with Crippen molar-refractivity contribution in [1.82, 2.24) is 19.7 Å². The van der Waals surface area contributed by atoms with Gasteiger partial charge in [0.25, 0.3) is 0 Å². The Labute approximate surface area is 180 Å². The maximum absolute atomic E-state index is 9.47. The van der Waals surface area contributed by atoms with Crippen LogP contribution in [0.15, 0.2) is 82.2 Å². The summed E-state index contributed by atoms with van der Waals surface area (Å²) in [6.45, 7) is 4.44. The number of fused-ring (bicyclic) bond motifs is 1. The van der Waals surface area contributed by atoms with Crippen LogP contribution >= 0.6 is 27.7 Å². The van der Waals surface area contributed by atoms with Gasteiger partial charge in [-0.05, 0) is 18.2 Å². The van der Waals surface area contributed by atoms with Gasteiger partial charge in [-0.1, -0.05) is 69.3 Å². The molecule has 0 saturated heterocycles. The minimum atomic E-state index is 0.460. The molecule has 8 heteroatoms. The second kappa shape index (κ2) is 8.67. The molecule has 0 radical (unpaired) electrons. The van der Waals surface area contributed by atoms with Gasteiger partial charge in [-0.3, -0.25) is 4.57 Å². The predicted octanol–water partition coefficient (Wildman–Crippen LogP) is 5.35. The number of nitrogens with one attached hydrogen (secondary N) is 1. The summed E-state index contributed by atoms with van der Waals surface area (Å²) in [6.07, 6.45) is 3.77. The van der Waals surface area contributed by atoms with Gasteiger partial charge in [-0.2, -0.15) is 0 Å². The molecule has 2 N–H and O–H groups in total. The van der Waals surface area contributed by atoms with Crippen molar-refractivity contribution in [3.05, 3.63) is 77.4 Å². The molecule has 4 aromatic rings. The Morgan fingerprint density at radius 2 is 2.00 bits per heavy atom. The molecule has 0 fully saturated rings. The molecule has 2 aromatic carbocycles. The van der Waals surface area contributed by atoms with Gasteiger partial charge in [0.1, 0.15) is 0 Å². The molecule has 0 saturated carbocycles. The molecule has 0 aliphatic heterocycles. The lowest BCUT2D eigenvalue weighted by Crippen LogP contribution is -2.07. The SMILES string of the molecule is C=CCn1c(SC/C(=N\O)c2ccc(Br)cc2)nnc1-c1c[nH]c2ccccc12. The number of aromatic amines is 1. The first-order valence-electron chi connectivity index (χ1n) is 8.91. The van der Waals surface area contributed by atoms with E-state index in [-0.39, 0.29) is 0 Å². The Hall–Kier alpha value is -2.84. The third-order valence-electron chi connectivity index (χ3n) is 4.49. The minimum Gasteiger partial charge on any atom is -0.411 e. The molecule has 0 bridgehead atoms. The number of nitrogens with zero attached hydrogens (tertiary/aromatic N) is 4. The number of allylic oxidation sites excluding steroid dienone is 1. The van der Waals surface area contributed by atoms with Gasteiger partial charge in [0, 0.05) is 45.0 Å². The fourth-order valence-electron chi connectivity index (χ4n) is 3.09. The molecule has 0 aliphatic rings. The van der Waals surface area contributed by atoms with Crippen LogP contribution in [0.2, 0.25) is 0 Å². The van der Waals surface area contributed by atoms with Crippen molar-refractivity contribution >= 4 is 44.3 Å². The predicted molar refractivity (Wildman–Crippen MR) is 121 cm³/mol. The van der Waals surface area contributed by atoms with Gasteiger partial charge < -0.3 is 10.2 Å². The van der Waals surface area contributed by atoms with Crippen LogP contribution < -0.4 is 0 Å². The van der Waals surface area contributed by atoms with E-state index in [0.717, 1.165) is 37.5 Å². The highest BCUT2D eigenvalue weighted by Gasteiger charge is 2.17. The number of aromatic nitrogens is 4. The van der Waals surface area contributed by atoms with Gasteiger partial charge in [0.2, 0.25) is 0 Å². The Kier molecular flexibility index (Phi) is 5.82. The number of hydrogen-bond donors (Lipinski definition) is 2. The number of H-pyrrole nitrogens is 1. The number of oxime groups is 1. The van der Waals surface area contributed by atoms with Gasteiger partial charge in [-0.25, -0.2) is 0 Å². The van der Waals surface area contributed by atoms with E-state index in [1.54, 1.807) is 0 Å². The Bertz CT molecular complexity index is 1180. The van der Waals surface area contributed by atoms with Gasteiger partial charge in [-0.15, -0.1) is 16.8 Å². The summed E-state index contributed by atoms with van der Waals surface area (Å²) in [5.74, 6) is 1.23. The van der Waals surface area contributed by atoms with Crippen LogP contribution in [0.25, 0.3) is 22.3 Å². The molecule has 2 aromatic heterocycles. The molecular formula is C21H18BrN5OS. The van der Waals surface area contributed by atoms with E-state index in [2.05, 4.69) is 48.9 Å². The average Bonchev–Trinajstić information content (AvgIpc) is 3.34. The third-order valence-corrected chi connectivity index (χ3v) is 6.00. The summed E-state index contributed by atoms with van der Waals surface area (Å²) in [7, 11) is 0. The van der Waals surface area contributed by atoms with E-state index in [4.69, 9.17) is 0 Å². The van der Waals surface area contributed by atoms with Crippen LogP contribution in [0.5, 0.6) is 0 Å². The molecule has 0 amide bonds. The Morgan fingerprint density at radius 3 is 2.76 bits per heavy atom. The zero-order valence-corrected chi connectivity index (χ0v) is 17.8. The van der Waals surface area contributed by atoms with E-state index in [1.165, 1.54) is 11.8 Å². The van der Waals surface area contributed by atoms with Gasteiger partial charge in [0.15, 0.2) is 11.0 Å². The highest BCUT2D eigenvalue weighted by molar-refractivity contribution is 9.10. The molecular weight excluding hydrogens is 450 g/mol. The van der Waals surface area contributed by atoms with Crippen molar-refractivity contribution in [2.75, 3.05) is 5.75 Å². The van der Waals surface area contributed by atoms with E-state index in [0.29, 0.717) is 18.0 Å². The van der Waals surface area contributed by atoms with Crippen molar-refractivity contribution in [3.8, 4) is 11.4 Å². The fourth-order valence-corrected chi connectivity index (χ4v) is 4.26. The van der Waals surface area contributed by atoms with E-state index < -0.39 is 0 Å². The van der Waals surface area contributed by atoms with Crippen molar-refractivity contribution in [2.45, 2.75) is 11.7 Å². The molecule has 0 unspecified atom stereocenters. The number of halogens is 1. The van der Waals surface area contributed by atoms with Crippen LogP contribution in [0.1, 0.15) is 5.56 Å². The van der Waals surface area contributed by atoms with Gasteiger partial charge >= 0.3 is 0 Å². The number of para-hydroxylation sites is 1. The number of rotatable bonds is 7. The summed E-state index contributed by atoms with van der Waals surface area (Å²) in [5.41, 5.74) is 3.47. The fraction of sp³-hybridized carbons (Fsp3) is 0.0952. The quantitative estimate of drug-likeness (QED) is 0.126. The normalized spacial score (nSPS) is 11.8. The lowest BCUT2D eigenvalue weighted by atomic mass is 10.1. The lowest BCUT2D eigenvalue weighted by Gasteiger charge is -2.08. The minimum absolute atomic E-state index is 0.460. The molecule has 29 heavy (non-hydrogen) atoms. The highest BCUT2D eigenvalue weighted by Crippen LogP contribution is 2.30. The monoisotopic (exact) mass is 467 g/mol. The van der Waals surface area contributed by atoms with Crippen molar-refractivity contribution < 1.29 is 5.21 Å². The standard InChI is InChI=1S/C21H18BrN5OS/c1-2-11-27-20(17-12-23-18-6-4-3-5-16(17)18)24-25-21(27)29-13-19(26-28)14-7-9-15(22)10-8-14/h2-10,12,23,28H,1,11,13H2/b26-19+. The summed E-state index contributed by atoms with van der Waals surface area (Å²) in [5, 5.41) is 23.6. The Morgan fingerprint density at radius 1 is 1.21 bits per heavy atom. The van der Waals surface area contributed by atoms with E-state index in [1.807, 2.05) is 59.3 Å². The van der Waals surface area contributed by atoms with Crippen LogP contribution in [0.3, 0.4) is 0 Å². The zero-order valence-electron chi connectivity index (χ0n) is 15.4. The van der Waals surface area contributed by atoms with Crippen molar-refractivity contribution in [3.63, 3.8) is 0 Å². The van der Waals surface area contributed by atoms with Crippen LogP contribution in [-0.2, 0) is 6.54 Å². The summed E-state index contributed by atoms with van der Waals surface area (Å²) >= 11 is 4.89. The second-order valence-electron chi connectivity index (χ2n) is 6.30. The molecule has 6 nitrogen and oxygen atoms in total. The van der Waals surface area contributed by atoms with E-state index in [9.17, 15) is 5.21 Å². The molecule has 0 aliphatic carbocycles. The highest BCUT2D eigenvalue weighted by atomic mass is 79.9. The van der Waals surface area contributed by atoms with Crippen molar-refractivity contribution in [2.24, 2.45) is 5.16 Å². The zero-order chi connectivity index (χ0) is 20.2. The Balaban J connectivity index is 1.63. The average molecular weight is 468 g/mol. The molecule has 2 heterocycles.